The van der Waals surface area contributed by atoms with Gasteiger partial charge in [0.25, 0.3) is 0 Å². The van der Waals surface area contributed by atoms with Crippen molar-refractivity contribution in [2.45, 2.75) is 52.3 Å². The van der Waals surface area contributed by atoms with E-state index in [0.717, 1.165) is 25.6 Å². The van der Waals surface area contributed by atoms with Gasteiger partial charge in [-0.25, -0.2) is 0 Å². The summed E-state index contributed by atoms with van der Waals surface area (Å²) in [7, 11) is 2.07. The molecule has 96 valence electrons. The molecule has 1 saturated heterocycles. The predicted molar refractivity (Wildman–Crippen MR) is 68.8 cm³/mol. The second kappa shape index (κ2) is 6.58. The lowest BCUT2D eigenvalue weighted by Gasteiger charge is -2.39. The van der Waals surface area contributed by atoms with Gasteiger partial charge in [0.1, 0.15) is 0 Å². The number of nitrogens with zero attached hydrogens (tertiary/aromatic N) is 1. The summed E-state index contributed by atoms with van der Waals surface area (Å²) in [5.41, 5.74) is 0. The summed E-state index contributed by atoms with van der Waals surface area (Å²) in [4.78, 5) is 2.56. The van der Waals surface area contributed by atoms with Crippen molar-refractivity contribution in [3.8, 4) is 0 Å². The lowest BCUT2D eigenvalue weighted by molar-refractivity contribution is -0.0535. The Morgan fingerprint density at radius 2 is 2.12 bits per heavy atom. The van der Waals surface area contributed by atoms with Gasteiger partial charge in [-0.2, -0.15) is 0 Å². The van der Waals surface area contributed by atoms with Gasteiger partial charge in [0.15, 0.2) is 0 Å². The van der Waals surface area contributed by atoms with Crippen LogP contribution in [0.1, 0.15) is 34.1 Å². The van der Waals surface area contributed by atoms with Crippen LogP contribution in [0.25, 0.3) is 0 Å². The molecule has 0 aliphatic carbocycles. The van der Waals surface area contributed by atoms with Crippen LogP contribution >= 0.6 is 0 Å². The third kappa shape index (κ3) is 3.72. The van der Waals surface area contributed by atoms with Gasteiger partial charge in [0, 0.05) is 25.2 Å². The van der Waals surface area contributed by atoms with Crippen molar-refractivity contribution in [2.24, 2.45) is 5.92 Å². The average Bonchev–Trinajstić information content (AvgIpc) is 2.29. The normalized spacial score (nSPS) is 31.3. The quantitative estimate of drug-likeness (QED) is 0.775. The Kier molecular flexibility index (Phi) is 5.73. The molecule has 1 fully saturated rings. The maximum Gasteiger partial charge on any atom is 0.0674 e. The van der Waals surface area contributed by atoms with Crippen LogP contribution in [0, 0.1) is 5.92 Å². The van der Waals surface area contributed by atoms with Crippen molar-refractivity contribution in [3.63, 3.8) is 0 Å². The van der Waals surface area contributed by atoms with Crippen LogP contribution in [0.15, 0.2) is 0 Å². The molecule has 0 aromatic carbocycles. The van der Waals surface area contributed by atoms with Crippen LogP contribution in [0.4, 0.5) is 0 Å². The molecule has 1 rings (SSSR count). The van der Waals surface area contributed by atoms with E-state index in [2.05, 4.69) is 45.0 Å². The van der Waals surface area contributed by atoms with Crippen LogP contribution in [0.3, 0.4) is 0 Å². The molecule has 4 unspecified atom stereocenters. The Balaban J connectivity index is 2.49. The average molecular weight is 228 g/mol. The van der Waals surface area contributed by atoms with Gasteiger partial charge in [-0.1, -0.05) is 20.3 Å². The number of nitrogens with one attached hydrogen (secondary N) is 1. The van der Waals surface area contributed by atoms with E-state index < -0.39 is 0 Å². The van der Waals surface area contributed by atoms with E-state index in [1.54, 1.807) is 0 Å². The fourth-order valence-electron chi connectivity index (χ4n) is 2.32. The molecule has 1 aliphatic rings. The van der Waals surface area contributed by atoms with E-state index in [1.807, 2.05) is 0 Å². The van der Waals surface area contributed by atoms with Crippen molar-refractivity contribution in [1.82, 2.24) is 10.2 Å². The lowest BCUT2D eigenvalue weighted by atomic mass is 9.98. The zero-order valence-corrected chi connectivity index (χ0v) is 11.5. The maximum atomic E-state index is 5.66. The Morgan fingerprint density at radius 1 is 1.44 bits per heavy atom. The maximum absolute atomic E-state index is 5.66. The Labute approximate surface area is 101 Å². The van der Waals surface area contributed by atoms with E-state index in [-0.39, 0.29) is 0 Å². The first-order chi connectivity index (χ1) is 7.58. The van der Waals surface area contributed by atoms with Crippen LogP contribution in [-0.2, 0) is 4.74 Å². The van der Waals surface area contributed by atoms with Crippen LogP contribution in [0.2, 0.25) is 0 Å². The lowest BCUT2D eigenvalue weighted by Crippen LogP contribution is -2.53. The molecule has 0 aromatic heterocycles. The van der Waals surface area contributed by atoms with Gasteiger partial charge in [0.05, 0.1) is 12.7 Å². The second-order valence-electron chi connectivity index (χ2n) is 5.23. The largest absolute Gasteiger partial charge is 0.376 e. The van der Waals surface area contributed by atoms with Crippen molar-refractivity contribution in [2.75, 3.05) is 26.7 Å². The highest BCUT2D eigenvalue weighted by Gasteiger charge is 2.26. The number of hydrogen-bond donors (Lipinski definition) is 1. The Morgan fingerprint density at radius 3 is 2.69 bits per heavy atom. The topological polar surface area (TPSA) is 24.5 Å². The molecule has 0 bridgehead atoms. The van der Waals surface area contributed by atoms with Crippen molar-refractivity contribution < 1.29 is 4.74 Å². The first-order valence-corrected chi connectivity index (χ1v) is 6.61. The minimum atomic E-state index is 0.380. The van der Waals surface area contributed by atoms with E-state index in [4.69, 9.17) is 4.74 Å². The summed E-state index contributed by atoms with van der Waals surface area (Å²) in [6.07, 6.45) is 1.62. The molecule has 16 heavy (non-hydrogen) atoms. The second-order valence-corrected chi connectivity index (χ2v) is 5.23. The molecule has 1 N–H and O–H groups in total. The Hall–Kier alpha value is -0.120. The molecule has 3 heteroatoms. The molecule has 3 nitrogen and oxygen atoms in total. The third-order valence-corrected chi connectivity index (χ3v) is 3.87. The predicted octanol–water partition coefficient (Wildman–Crippen LogP) is 1.73. The van der Waals surface area contributed by atoms with Gasteiger partial charge in [0.2, 0.25) is 0 Å². The first kappa shape index (κ1) is 13.9. The molecule has 0 spiro atoms. The van der Waals surface area contributed by atoms with Crippen LogP contribution in [-0.4, -0.2) is 49.8 Å². The highest BCUT2D eigenvalue weighted by Crippen LogP contribution is 2.15. The minimum absolute atomic E-state index is 0.380. The SMILES string of the molecule is CCC(C)C(CN1CC(C)OCC1C)NC. The number of rotatable bonds is 5. The number of likely N-dealkylation sites (N-methyl/N-ethyl adjacent to an activating group) is 1. The molecule has 0 aromatic rings. The van der Waals surface area contributed by atoms with Gasteiger partial charge in [-0.05, 0) is 26.8 Å². The van der Waals surface area contributed by atoms with E-state index in [1.165, 1.54) is 6.42 Å². The summed E-state index contributed by atoms with van der Waals surface area (Å²) < 4.78 is 5.66. The first-order valence-electron chi connectivity index (χ1n) is 6.61. The molecule has 4 atom stereocenters. The van der Waals surface area contributed by atoms with Crippen LogP contribution < -0.4 is 5.32 Å². The molecular weight excluding hydrogens is 200 g/mol. The Bertz CT molecular complexity index is 198. The smallest absolute Gasteiger partial charge is 0.0674 e. The van der Waals surface area contributed by atoms with E-state index in [0.29, 0.717) is 18.2 Å². The molecule has 1 aliphatic heterocycles. The van der Waals surface area contributed by atoms with Crippen LogP contribution in [0.5, 0.6) is 0 Å². The van der Waals surface area contributed by atoms with E-state index >= 15 is 0 Å². The van der Waals surface area contributed by atoms with Crippen molar-refractivity contribution in [1.29, 1.82) is 0 Å². The third-order valence-electron chi connectivity index (χ3n) is 3.87. The highest BCUT2D eigenvalue weighted by atomic mass is 16.5. The summed E-state index contributed by atoms with van der Waals surface area (Å²) in [6, 6.07) is 1.15. The standard InChI is InChI=1S/C13H28N2O/c1-6-10(2)13(14-5)8-15-7-12(4)16-9-11(15)3/h10-14H,6-9H2,1-5H3. The zero-order valence-electron chi connectivity index (χ0n) is 11.5. The van der Waals surface area contributed by atoms with Crippen molar-refractivity contribution in [3.05, 3.63) is 0 Å². The van der Waals surface area contributed by atoms with Gasteiger partial charge in [-0.15, -0.1) is 0 Å². The highest BCUT2D eigenvalue weighted by molar-refractivity contribution is 4.81. The van der Waals surface area contributed by atoms with Gasteiger partial charge in [-0.3, -0.25) is 4.90 Å². The zero-order chi connectivity index (χ0) is 12.1. The van der Waals surface area contributed by atoms with E-state index in [9.17, 15) is 0 Å². The minimum Gasteiger partial charge on any atom is -0.376 e. The molecular formula is C13H28N2O. The molecule has 0 radical (unpaired) electrons. The summed E-state index contributed by atoms with van der Waals surface area (Å²) in [5.74, 6) is 0.732. The molecule has 0 amide bonds. The fraction of sp³-hybridized carbons (Fsp3) is 1.00. The van der Waals surface area contributed by atoms with Gasteiger partial charge >= 0.3 is 0 Å². The number of ether oxygens (including phenoxy) is 1. The van der Waals surface area contributed by atoms with Crippen molar-refractivity contribution >= 4 is 0 Å². The monoisotopic (exact) mass is 228 g/mol. The summed E-state index contributed by atoms with van der Waals surface area (Å²) >= 11 is 0. The summed E-state index contributed by atoms with van der Waals surface area (Å²) in [5, 5.41) is 3.45. The number of hydrogen-bond acceptors (Lipinski definition) is 3. The molecule has 1 heterocycles. The number of morpholine rings is 1. The summed E-state index contributed by atoms with van der Waals surface area (Å²) in [6.45, 7) is 12.1. The molecule has 0 saturated carbocycles. The fourth-order valence-corrected chi connectivity index (χ4v) is 2.32. The van der Waals surface area contributed by atoms with Gasteiger partial charge < -0.3 is 10.1 Å².